The first-order valence-electron chi connectivity index (χ1n) is 5.21. The van der Waals surface area contributed by atoms with Crippen molar-refractivity contribution in [2.45, 2.75) is 13.0 Å². The molecule has 0 N–H and O–H groups in total. The van der Waals surface area contributed by atoms with Crippen LogP contribution in [-0.4, -0.2) is 45.6 Å². The molecule has 0 radical (unpaired) electrons. The number of rotatable bonds is 4. The highest BCUT2D eigenvalue weighted by atomic mass is 32.2. The second kappa shape index (κ2) is 5.41. The van der Waals surface area contributed by atoms with Gasteiger partial charge in [0.15, 0.2) is 0 Å². The summed E-state index contributed by atoms with van der Waals surface area (Å²) in [6.45, 7) is 4.88. The van der Waals surface area contributed by atoms with E-state index >= 15 is 0 Å². The molecule has 1 aliphatic rings. The summed E-state index contributed by atoms with van der Waals surface area (Å²) in [4.78, 5) is 6.60. The van der Waals surface area contributed by atoms with Crippen LogP contribution in [0.5, 0.6) is 0 Å². The number of imidazole rings is 1. The van der Waals surface area contributed by atoms with Gasteiger partial charge in [0.2, 0.25) is 0 Å². The average molecular weight is 211 g/mol. The van der Waals surface area contributed by atoms with Crippen LogP contribution in [0, 0.1) is 0 Å². The van der Waals surface area contributed by atoms with Crippen molar-refractivity contribution in [1.29, 1.82) is 0 Å². The molecule has 78 valence electrons. The molecule has 0 aliphatic carbocycles. The average Bonchev–Trinajstić information content (AvgIpc) is 2.72. The van der Waals surface area contributed by atoms with Crippen LogP contribution in [0.15, 0.2) is 18.7 Å². The van der Waals surface area contributed by atoms with E-state index in [1.165, 1.54) is 37.6 Å². The largest absolute Gasteiger partial charge is 0.337 e. The minimum Gasteiger partial charge on any atom is -0.337 e. The Balaban J connectivity index is 1.62. The third kappa shape index (κ3) is 3.03. The normalized spacial score (nSPS) is 18.6. The molecule has 1 aromatic heterocycles. The molecule has 1 saturated heterocycles. The highest BCUT2D eigenvalue weighted by molar-refractivity contribution is 7.99. The third-order valence-electron chi connectivity index (χ3n) is 2.55. The summed E-state index contributed by atoms with van der Waals surface area (Å²) in [5.74, 6) is 2.62. The summed E-state index contributed by atoms with van der Waals surface area (Å²) in [5, 5.41) is 0. The fraction of sp³-hybridized carbons (Fsp3) is 0.700. The Morgan fingerprint density at radius 1 is 1.21 bits per heavy atom. The van der Waals surface area contributed by atoms with Crippen LogP contribution in [0.1, 0.15) is 6.42 Å². The van der Waals surface area contributed by atoms with E-state index in [1.807, 2.05) is 18.7 Å². The molecule has 3 nitrogen and oxygen atoms in total. The fourth-order valence-corrected chi connectivity index (χ4v) is 2.70. The molecule has 0 atom stereocenters. The number of hydrogen-bond acceptors (Lipinski definition) is 3. The Bertz CT molecular complexity index is 242. The maximum Gasteiger partial charge on any atom is 0.0945 e. The van der Waals surface area contributed by atoms with Gasteiger partial charge in [0.1, 0.15) is 0 Å². The summed E-state index contributed by atoms with van der Waals surface area (Å²) in [6, 6.07) is 0. The van der Waals surface area contributed by atoms with Crippen molar-refractivity contribution in [3.8, 4) is 0 Å². The molecule has 2 heterocycles. The smallest absolute Gasteiger partial charge is 0.0945 e. The van der Waals surface area contributed by atoms with E-state index in [1.54, 1.807) is 0 Å². The van der Waals surface area contributed by atoms with Crippen LogP contribution in [-0.2, 0) is 6.54 Å². The zero-order valence-electron chi connectivity index (χ0n) is 8.43. The van der Waals surface area contributed by atoms with Crippen LogP contribution in [0.3, 0.4) is 0 Å². The van der Waals surface area contributed by atoms with E-state index in [0.717, 1.165) is 6.54 Å². The highest BCUT2D eigenvalue weighted by Gasteiger charge is 2.08. The van der Waals surface area contributed by atoms with Gasteiger partial charge in [-0.05, 0) is 13.0 Å². The van der Waals surface area contributed by atoms with Gasteiger partial charge in [0.25, 0.3) is 0 Å². The molecule has 0 amide bonds. The first kappa shape index (κ1) is 10.1. The van der Waals surface area contributed by atoms with E-state index in [9.17, 15) is 0 Å². The molecule has 14 heavy (non-hydrogen) atoms. The van der Waals surface area contributed by atoms with E-state index in [0.29, 0.717) is 0 Å². The van der Waals surface area contributed by atoms with Crippen molar-refractivity contribution in [2.75, 3.05) is 31.1 Å². The topological polar surface area (TPSA) is 21.1 Å². The van der Waals surface area contributed by atoms with Crippen molar-refractivity contribution in [3.05, 3.63) is 18.7 Å². The lowest BCUT2D eigenvalue weighted by Gasteiger charge is -2.25. The van der Waals surface area contributed by atoms with Crippen LogP contribution in [0.25, 0.3) is 0 Å². The SMILES string of the molecule is c1cn(CCCN2CCSCC2)cn1. The van der Waals surface area contributed by atoms with E-state index < -0.39 is 0 Å². The zero-order chi connectivity index (χ0) is 9.64. The van der Waals surface area contributed by atoms with Gasteiger partial charge in [-0.15, -0.1) is 0 Å². The van der Waals surface area contributed by atoms with Crippen molar-refractivity contribution >= 4 is 11.8 Å². The lowest BCUT2D eigenvalue weighted by atomic mass is 10.3. The second-order valence-corrected chi connectivity index (χ2v) is 4.83. The lowest BCUT2D eigenvalue weighted by molar-refractivity contribution is 0.292. The Hall–Kier alpha value is -0.480. The quantitative estimate of drug-likeness (QED) is 0.749. The maximum atomic E-state index is 4.03. The van der Waals surface area contributed by atoms with Gasteiger partial charge in [-0.25, -0.2) is 4.98 Å². The number of aryl methyl sites for hydroxylation is 1. The third-order valence-corrected chi connectivity index (χ3v) is 3.50. The summed E-state index contributed by atoms with van der Waals surface area (Å²) < 4.78 is 2.15. The maximum absolute atomic E-state index is 4.03. The van der Waals surface area contributed by atoms with Gasteiger partial charge < -0.3 is 9.47 Å². The Morgan fingerprint density at radius 2 is 2.07 bits per heavy atom. The van der Waals surface area contributed by atoms with Gasteiger partial charge in [0.05, 0.1) is 6.33 Å². The molecule has 0 saturated carbocycles. The fourth-order valence-electron chi connectivity index (χ4n) is 1.72. The summed E-state index contributed by atoms with van der Waals surface area (Å²) in [7, 11) is 0. The van der Waals surface area contributed by atoms with E-state index in [-0.39, 0.29) is 0 Å². The standard InChI is InChI=1S/C10H17N3S/c1(4-13-5-2-11-10-13)3-12-6-8-14-9-7-12/h2,5,10H,1,3-4,6-9H2. The van der Waals surface area contributed by atoms with Gasteiger partial charge in [0, 0.05) is 43.5 Å². The molecule has 1 fully saturated rings. The van der Waals surface area contributed by atoms with Gasteiger partial charge in [-0.2, -0.15) is 11.8 Å². The monoisotopic (exact) mass is 211 g/mol. The van der Waals surface area contributed by atoms with Gasteiger partial charge in [-0.3, -0.25) is 0 Å². The molecular weight excluding hydrogens is 194 g/mol. The predicted molar refractivity (Wildman–Crippen MR) is 60.6 cm³/mol. The summed E-state index contributed by atoms with van der Waals surface area (Å²) in [6.07, 6.45) is 7.01. The number of aromatic nitrogens is 2. The summed E-state index contributed by atoms with van der Waals surface area (Å²) in [5.41, 5.74) is 0. The molecular formula is C10H17N3S. The first-order valence-corrected chi connectivity index (χ1v) is 6.36. The molecule has 0 bridgehead atoms. The lowest BCUT2D eigenvalue weighted by Crippen LogP contribution is -2.33. The Kier molecular flexibility index (Phi) is 3.89. The van der Waals surface area contributed by atoms with Crippen molar-refractivity contribution in [2.24, 2.45) is 0 Å². The van der Waals surface area contributed by atoms with Crippen LogP contribution < -0.4 is 0 Å². The number of hydrogen-bond donors (Lipinski definition) is 0. The molecule has 1 aromatic rings. The Morgan fingerprint density at radius 3 is 2.79 bits per heavy atom. The minimum atomic E-state index is 1.10. The Labute approximate surface area is 89.5 Å². The van der Waals surface area contributed by atoms with E-state index in [4.69, 9.17) is 0 Å². The molecule has 2 rings (SSSR count). The first-order chi connectivity index (χ1) is 6.95. The van der Waals surface area contributed by atoms with Gasteiger partial charge in [-0.1, -0.05) is 0 Å². The number of thioether (sulfide) groups is 1. The predicted octanol–water partition coefficient (Wildman–Crippen LogP) is 1.32. The second-order valence-electron chi connectivity index (χ2n) is 3.61. The molecule has 0 spiro atoms. The number of nitrogens with zero attached hydrogens (tertiary/aromatic N) is 3. The van der Waals surface area contributed by atoms with Crippen LogP contribution >= 0.6 is 11.8 Å². The molecule has 0 unspecified atom stereocenters. The highest BCUT2D eigenvalue weighted by Crippen LogP contribution is 2.09. The minimum absolute atomic E-state index is 1.10. The van der Waals surface area contributed by atoms with Crippen LogP contribution in [0.4, 0.5) is 0 Å². The van der Waals surface area contributed by atoms with Gasteiger partial charge >= 0.3 is 0 Å². The van der Waals surface area contributed by atoms with Crippen molar-refractivity contribution in [3.63, 3.8) is 0 Å². The zero-order valence-corrected chi connectivity index (χ0v) is 9.25. The van der Waals surface area contributed by atoms with Crippen molar-refractivity contribution < 1.29 is 0 Å². The molecule has 4 heteroatoms. The summed E-state index contributed by atoms with van der Waals surface area (Å²) >= 11 is 2.07. The molecule has 0 aromatic carbocycles. The van der Waals surface area contributed by atoms with Crippen molar-refractivity contribution in [1.82, 2.24) is 14.5 Å². The van der Waals surface area contributed by atoms with E-state index in [2.05, 4.69) is 26.2 Å². The van der Waals surface area contributed by atoms with Crippen LogP contribution in [0.2, 0.25) is 0 Å². The molecule has 1 aliphatic heterocycles.